The standard InChI is InChI=1S/C14H21BrN2O2/c1-3-10(2)13(16)14(18)17-7-8-19-12-6-4-5-11(15)9-12/h4-6,9-10,13H,3,7-8,16H2,1-2H3,(H,17,18). The Labute approximate surface area is 122 Å². The SMILES string of the molecule is CCC(C)C(N)C(=O)NCCOc1cccc(Br)c1. The average Bonchev–Trinajstić information content (AvgIpc) is 2.41. The molecule has 0 aliphatic rings. The van der Waals surface area contributed by atoms with Crippen LogP contribution in [0.1, 0.15) is 20.3 Å². The van der Waals surface area contributed by atoms with Crippen molar-refractivity contribution >= 4 is 21.8 Å². The molecule has 2 unspecified atom stereocenters. The Morgan fingerprint density at radius 3 is 2.89 bits per heavy atom. The largest absolute Gasteiger partial charge is 0.492 e. The Balaban J connectivity index is 2.26. The van der Waals surface area contributed by atoms with E-state index in [2.05, 4.69) is 21.2 Å². The number of halogens is 1. The highest BCUT2D eigenvalue weighted by Crippen LogP contribution is 2.17. The molecule has 4 nitrogen and oxygen atoms in total. The van der Waals surface area contributed by atoms with Gasteiger partial charge < -0.3 is 15.8 Å². The normalized spacial score (nSPS) is 13.7. The number of nitrogens with two attached hydrogens (primary N) is 1. The number of benzene rings is 1. The Morgan fingerprint density at radius 1 is 1.53 bits per heavy atom. The predicted molar refractivity (Wildman–Crippen MR) is 80.1 cm³/mol. The van der Waals surface area contributed by atoms with Crippen LogP contribution < -0.4 is 15.8 Å². The second-order valence-electron chi connectivity index (χ2n) is 4.51. The average molecular weight is 329 g/mol. The Hall–Kier alpha value is -1.07. The van der Waals surface area contributed by atoms with E-state index in [0.29, 0.717) is 13.2 Å². The maximum Gasteiger partial charge on any atom is 0.237 e. The van der Waals surface area contributed by atoms with Gasteiger partial charge in [0, 0.05) is 4.47 Å². The second kappa shape index (κ2) is 8.17. The van der Waals surface area contributed by atoms with Crippen LogP contribution in [0.2, 0.25) is 0 Å². The number of rotatable bonds is 7. The van der Waals surface area contributed by atoms with E-state index in [4.69, 9.17) is 10.5 Å². The van der Waals surface area contributed by atoms with Crippen molar-refractivity contribution in [2.45, 2.75) is 26.3 Å². The van der Waals surface area contributed by atoms with Crippen LogP contribution in [0.25, 0.3) is 0 Å². The third-order valence-electron chi connectivity index (χ3n) is 3.03. The zero-order valence-corrected chi connectivity index (χ0v) is 12.9. The minimum atomic E-state index is -0.448. The summed E-state index contributed by atoms with van der Waals surface area (Å²) in [5.74, 6) is 0.841. The summed E-state index contributed by atoms with van der Waals surface area (Å²) in [4.78, 5) is 11.7. The van der Waals surface area contributed by atoms with Crippen molar-refractivity contribution in [1.29, 1.82) is 0 Å². The molecule has 0 spiro atoms. The molecule has 2 atom stereocenters. The molecule has 1 amide bonds. The summed E-state index contributed by atoms with van der Waals surface area (Å²) in [5, 5.41) is 2.78. The second-order valence-corrected chi connectivity index (χ2v) is 5.42. The summed E-state index contributed by atoms with van der Waals surface area (Å²) in [7, 11) is 0. The van der Waals surface area contributed by atoms with Gasteiger partial charge in [0.25, 0.3) is 0 Å². The Bertz CT molecular complexity index is 412. The molecule has 19 heavy (non-hydrogen) atoms. The maximum atomic E-state index is 11.7. The summed E-state index contributed by atoms with van der Waals surface area (Å²) < 4.78 is 6.48. The van der Waals surface area contributed by atoms with Gasteiger partial charge in [-0.1, -0.05) is 42.3 Å². The first-order valence-electron chi connectivity index (χ1n) is 6.46. The highest BCUT2D eigenvalue weighted by atomic mass is 79.9. The van der Waals surface area contributed by atoms with E-state index in [-0.39, 0.29) is 11.8 Å². The van der Waals surface area contributed by atoms with Gasteiger partial charge in [-0.25, -0.2) is 0 Å². The van der Waals surface area contributed by atoms with Gasteiger partial charge in [-0.15, -0.1) is 0 Å². The molecule has 0 aliphatic carbocycles. The lowest BCUT2D eigenvalue weighted by Crippen LogP contribution is -2.45. The molecule has 1 aromatic rings. The van der Waals surface area contributed by atoms with Crippen LogP contribution in [0.4, 0.5) is 0 Å². The van der Waals surface area contributed by atoms with E-state index in [1.165, 1.54) is 0 Å². The molecule has 0 aromatic heterocycles. The van der Waals surface area contributed by atoms with Gasteiger partial charge in [0.2, 0.25) is 5.91 Å². The fourth-order valence-corrected chi connectivity index (χ4v) is 1.91. The molecule has 0 fully saturated rings. The van der Waals surface area contributed by atoms with E-state index < -0.39 is 6.04 Å². The number of carbonyl (C=O) groups is 1. The van der Waals surface area contributed by atoms with Crippen molar-refractivity contribution in [2.75, 3.05) is 13.2 Å². The molecule has 0 bridgehead atoms. The number of carbonyl (C=O) groups excluding carboxylic acids is 1. The summed E-state index contributed by atoms with van der Waals surface area (Å²) >= 11 is 3.37. The molecule has 1 aromatic carbocycles. The molecular weight excluding hydrogens is 308 g/mol. The van der Waals surface area contributed by atoms with Crippen LogP contribution in [0.3, 0.4) is 0 Å². The first-order chi connectivity index (χ1) is 9.04. The molecule has 0 saturated heterocycles. The topological polar surface area (TPSA) is 64.4 Å². The van der Waals surface area contributed by atoms with Gasteiger partial charge in [-0.3, -0.25) is 4.79 Å². The third-order valence-corrected chi connectivity index (χ3v) is 3.52. The van der Waals surface area contributed by atoms with E-state index in [1.807, 2.05) is 38.1 Å². The first kappa shape index (κ1) is 16.0. The Morgan fingerprint density at radius 2 is 2.26 bits per heavy atom. The minimum Gasteiger partial charge on any atom is -0.492 e. The first-order valence-corrected chi connectivity index (χ1v) is 7.25. The Kier molecular flexibility index (Phi) is 6.87. The monoisotopic (exact) mass is 328 g/mol. The van der Waals surface area contributed by atoms with Gasteiger partial charge >= 0.3 is 0 Å². The van der Waals surface area contributed by atoms with Crippen LogP contribution in [0.15, 0.2) is 28.7 Å². The van der Waals surface area contributed by atoms with Crippen LogP contribution >= 0.6 is 15.9 Å². The number of amides is 1. The lowest BCUT2D eigenvalue weighted by molar-refractivity contribution is -0.123. The zero-order chi connectivity index (χ0) is 14.3. The van der Waals surface area contributed by atoms with Gasteiger partial charge in [0.1, 0.15) is 12.4 Å². The van der Waals surface area contributed by atoms with E-state index in [0.717, 1.165) is 16.6 Å². The molecular formula is C14H21BrN2O2. The van der Waals surface area contributed by atoms with Gasteiger partial charge in [-0.05, 0) is 24.1 Å². The van der Waals surface area contributed by atoms with Crippen molar-refractivity contribution in [3.63, 3.8) is 0 Å². The zero-order valence-electron chi connectivity index (χ0n) is 11.4. The van der Waals surface area contributed by atoms with Crippen LogP contribution in [-0.4, -0.2) is 25.1 Å². The fourth-order valence-electron chi connectivity index (χ4n) is 1.53. The van der Waals surface area contributed by atoms with E-state index >= 15 is 0 Å². The van der Waals surface area contributed by atoms with E-state index in [1.54, 1.807) is 0 Å². The maximum absolute atomic E-state index is 11.7. The molecule has 3 N–H and O–H groups in total. The summed E-state index contributed by atoms with van der Waals surface area (Å²) in [6, 6.07) is 7.14. The molecule has 5 heteroatoms. The lowest BCUT2D eigenvalue weighted by atomic mass is 9.99. The number of hydrogen-bond acceptors (Lipinski definition) is 3. The van der Waals surface area contributed by atoms with Gasteiger partial charge in [-0.2, -0.15) is 0 Å². The predicted octanol–water partition coefficient (Wildman–Crippen LogP) is 2.32. The van der Waals surface area contributed by atoms with E-state index in [9.17, 15) is 4.79 Å². The van der Waals surface area contributed by atoms with Crippen molar-refractivity contribution in [3.05, 3.63) is 28.7 Å². The van der Waals surface area contributed by atoms with Crippen molar-refractivity contribution in [1.82, 2.24) is 5.32 Å². The number of hydrogen-bond donors (Lipinski definition) is 2. The molecule has 1 rings (SSSR count). The van der Waals surface area contributed by atoms with Gasteiger partial charge in [0.05, 0.1) is 12.6 Å². The highest BCUT2D eigenvalue weighted by Gasteiger charge is 2.18. The fraction of sp³-hybridized carbons (Fsp3) is 0.500. The quantitative estimate of drug-likeness (QED) is 0.755. The van der Waals surface area contributed by atoms with Crippen LogP contribution in [0, 0.1) is 5.92 Å². The number of nitrogens with one attached hydrogen (secondary N) is 1. The molecule has 0 aliphatic heterocycles. The lowest BCUT2D eigenvalue weighted by Gasteiger charge is -2.17. The molecule has 0 heterocycles. The third kappa shape index (κ3) is 5.61. The van der Waals surface area contributed by atoms with Gasteiger partial charge in [0.15, 0.2) is 0 Å². The van der Waals surface area contributed by atoms with Crippen molar-refractivity contribution < 1.29 is 9.53 Å². The van der Waals surface area contributed by atoms with Crippen LogP contribution in [-0.2, 0) is 4.79 Å². The summed E-state index contributed by atoms with van der Waals surface area (Å²) in [5.41, 5.74) is 5.83. The summed E-state index contributed by atoms with van der Waals surface area (Å²) in [6.45, 7) is 4.88. The summed E-state index contributed by atoms with van der Waals surface area (Å²) in [6.07, 6.45) is 0.892. The van der Waals surface area contributed by atoms with Crippen LogP contribution in [0.5, 0.6) is 5.75 Å². The molecule has 106 valence electrons. The highest BCUT2D eigenvalue weighted by molar-refractivity contribution is 9.10. The van der Waals surface area contributed by atoms with Crippen molar-refractivity contribution in [3.8, 4) is 5.75 Å². The molecule has 0 radical (unpaired) electrons. The molecule has 0 saturated carbocycles. The minimum absolute atomic E-state index is 0.118. The number of ether oxygens (including phenoxy) is 1. The smallest absolute Gasteiger partial charge is 0.237 e. The van der Waals surface area contributed by atoms with Crippen molar-refractivity contribution in [2.24, 2.45) is 11.7 Å².